The van der Waals surface area contributed by atoms with Gasteiger partial charge in [-0.1, -0.05) is 6.07 Å². The van der Waals surface area contributed by atoms with Gasteiger partial charge in [-0.15, -0.1) is 0 Å². The van der Waals surface area contributed by atoms with Gasteiger partial charge in [0.2, 0.25) is 5.88 Å². The molecule has 0 aliphatic carbocycles. The minimum absolute atomic E-state index is 0.112. The number of hydrogen-bond acceptors (Lipinski definition) is 6. The highest BCUT2D eigenvalue weighted by Crippen LogP contribution is 2.39. The quantitative estimate of drug-likeness (QED) is 0.702. The van der Waals surface area contributed by atoms with Gasteiger partial charge in [0.05, 0.1) is 25.8 Å². The van der Waals surface area contributed by atoms with E-state index in [9.17, 15) is 18.7 Å². The van der Waals surface area contributed by atoms with Crippen LogP contribution in [0.3, 0.4) is 0 Å². The average molecular weight is 387 g/mol. The number of phenolic OH excluding ortho intramolecular Hbond substituents is 1. The van der Waals surface area contributed by atoms with Crippen molar-refractivity contribution >= 4 is 17.6 Å². The number of guanidine groups is 1. The highest BCUT2D eigenvalue weighted by atomic mass is 19.3. The van der Waals surface area contributed by atoms with Gasteiger partial charge in [0.15, 0.2) is 11.6 Å². The minimum atomic E-state index is -3.00. The summed E-state index contributed by atoms with van der Waals surface area (Å²) in [5.74, 6) is -4.06. The summed E-state index contributed by atoms with van der Waals surface area (Å²) >= 11 is 0. The van der Waals surface area contributed by atoms with Gasteiger partial charge in [-0.05, 0) is 17.7 Å². The van der Waals surface area contributed by atoms with E-state index < -0.39 is 24.9 Å². The summed E-state index contributed by atoms with van der Waals surface area (Å²) < 4.78 is 31.4. The fraction of sp³-hybridized carbons (Fsp3) is 0.222. The van der Waals surface area contributed by atoms with Crippen LogP contribution in [0.15, 0.2) is 35.5 Å². The van der Waals surface area contributed by atoms with Crippen LogP contribution in [0, 0.1) is 6.57 Å². The van der Waals surface area contributed by atoms with Crippen LogP contribution >= 0.6 is 0 Å². The lowest BCUT2D eigenvalue weighted by Gasteiger charge is -2.23. The zero-order chi connectivity index (χ0) is 20.3. The molecule has 0 saturated heterocycles. The molecule has 28 heavy (non-hydrogen) atoms. The number of hydrogen-bond donors (Lipinski definition) is 3. The first kappa shape index (κ1) is 19.0. The number of rotatable bonds is 3. The van der Waals surface area contributed by atoms with Crippen molar-refractivity contribution in [3.63, 3.8) is 0 Å². The van der Waals surface area contributed by atoms with Gasteiger partial charge in [0, 0.05) is 17.8 Å². The Morgan fingerprint density at radius 1 is 1.43 bits per heavy atom. The van der Waals surface area contributed by atoms with Gasteiger partial charge >= 0.3 is 0 Å². The van der Waals surface area contributed by atoms with E-state index in [4.69, 9.17) is 11.3 Å². The number of amides is 1. The number of methoxy groups -OCH3 is 1. The molecule has 0 fully saturated rings. The second-order valence-corrected chi connectivity index (χ2v) is 5.88. The molecule has 2 heterocycles. The van der Waals surface area contributed by atoms with Crippen LogP contribution in [0.2, 0.25) is 0 Å². The molecular weight excluding hydrogens is 372 g/mol. The number of nitrogens with one attached hydrogen (secondary N) is 2. The van der Waals surface area contributed by atoms with Gasteiger partial charge in [0.1, 0.15) is 12.3 Å². The monoisotopic (exact) mass is 387 g/mol. The van der Waals surface area contributed by atoms with Crippen LogP contribution in [-0.4, -0.2) is 48.1 Å². The number of ether oxygens (including phenoxy) is 1. The number of pyridine rings is 1. The Kier molecular flexibility index (Phi) is 5.08. The van der Waals surface area contributed by atoms with E-state index in [1.54, 1.807) is 6.07 Å². The number of aliphatic imine (C=N–C) groups is 1. The Morgan fingerprint density at radius 3 is 2.86 bits per heavy atom. The lowest BCUT2D eigenvalue weighted by molar-refractivity contribution is 0.0120. The molecule has 1 aliphatic rings. The standard InChI is InChI=1S/C18H15F2N5O3/c1-21-11-3-4-12(26)15(14(11)10-5-6-22-13(7-10)28-2)16(27)25-17-23-8-18(19,20)9-24-17/h3-7,26H,8-9H2,2H3,(H2,23,24,25,27). The average Bonchev–Trinajstić information content (AvgIpc) is 2.69. The zero-order valence-corrected chi connectivity index (χ0v) is 14.7. The maximum atomic E-state index is 13.2. The summed E-state index contributed by atoms with van der Waals surface area (Å²) in [5.41, 5.74) is 0.504. The van der Waals surface area contributed by atoms with E-state index in [1.165, 1.54) is 31.5 Å². The Balaban J connectivity index is 2.04. The van der Waals surface area contributed by atoms with Crippen molar-refractivity contribution in [1.29, 1.82) is 0 Å². The molecule has 0 spiro atoms. The molecule has 144 valence electrons. The van der Waals surface area contributed by atoms with Crippen LogP contribution in [-0.2, 0) is 0 Å². The highest BCUT2D eigenvalue weighted by molar-refractivity contribution is 6.12. The van der Waals surface area contributed by atoms with E-state index >= 15 is 0 Å². The van der Waals surface area contributed by atoms with E-state index in [2.05, 4.69) is 25.5 Å². The minimum Gasteiger partial charge on any atom is -0.507 e. The first-order valence-corrected chi connectivity index (χ1v) is 8.06. The molecular formula is C18H15F2N5O3. The number of carbonyl (C=O) groups is 1. The molecule has 0 radical (unpaired) electrons. The fourth-order valence-electron chi connectivity index (χ4n) is 2.65. The lowest BCUT2D eigenvalue weighted by atomic mass is 9.97. The summed E-state index contributed by atoms with van der Waals surface area (Å²) in [5, 5.41) is 15.0. The largest absolute Gasteiger partial charge is 0.507 e. The molecule has 0 atom stereocenters. The van der Waals surface area contributed by atoms with Gasteiger partial charge in [-0.2, -0.15) is 0 Å². The second kappa shape index (κ2) is 7.48. The zero-order valence-electron chi connectivity index (χ0n) is 14.7. The van der Waals surface area contributed by atoms with Crippen LogP contribution in [0.4, 0.5) is 14.5 Å². The highest BCUT2D eigenvalue weighted by Gasteiger charge is 2.33. The third-order valence-electron chi connectivity index (χ3n) is 3.96. The Hall–Kier alpha value is -3.74. The van der Waals surface area contributed by atoms with Crippen molar-refractivity contribution in [2.24, 2.45) is 4.99 Å². The van der Waals surface area contributed by atoms with Crippen LogP contribution < -0.4 is 15.4 Å². The Labute approximate surface area is 158 Å². The number of phenols is 1. The predicted molar refractivity (Wildman–Crippen MR) is 96.9 cm³/mol. The third-order valence-corrected chi connectivity index (χ3v) is 3.96. The van der Waals surface area contributed by atoms with Crippen LogP contribution in [0.5, 0.6) is 11.6 Å². The SMILES string of the molecule is [C-]#[N+]c1ccc(O)c(C(=O)NC2=NCC(F)(F)CN2)c1-c1ccnc(OC)c1. The predicted octanol–water partition coefficient (Wildman–Crippen LogP) is 2.34. The topological polar surface area (TPSA) is 100 Å². The summed E-state index contributed by atoms with van der Waals surface area (Å²) in [7, 11) is 1.42. The number of alkyl halides is 2. The van der Waals surface area contributed by atoms with Gasteiger partial charge in [0.25, 0.3) is 11.8 Å². The second-order valence-electron chi connectivity index (χ2n) is 5.88. The van der Waals surface area contributed by atoms with E-state index in [-0.39, 0.29) is 34.4 Å². The number of halogens is 2. The van der Waals surface area contributed by atoms with E-state index in [1.807, 2.05) is 0 Å². The first-order valence-electron chi connectivity index (χ1n) is 8.06. The molecule has 3 rings (SSSR count). The van der Waals surface area contributed by atoms with Gasteiger partial charge in [-0.3, -0.25) is 10.1 Å². The third kappa shape index (κ3) is 3.83. The Morgan fingerprint density at radius 2 is 2.21 bits per heavy atom. The van der Waals surface area contributed by atoms with Gasteiger partial charge in [-0.25, -0.2) is 23.6 Å². The summed E-state index contributed by atoms with van der Waals surface area (Å²) in [6.45, 7) is 5.94. The molecule has 1 amide bonds. The molecule has 2 aromatic rings. The van der Waals surface area contributed by atoms with Crippen molar-refractivity contribution < 1.29 is 23.4 Å². The van der Waals surface area contributed by atoms with Crippen molar-refractivity contribution in [1.82, 2.24) is 15.6 Å². The van der Waals surface area contributed by atoms with Crippen LogP contribution in [0.25, 0.3) is 16.0 Å². The summed E-state index contributed by atoms with van der Waals surface area (Å²) in [4.78, 5) is 23.8. The molecule has 3 N–H and O–H groups in total. The van der Waals surface area contributed by atoms with Gasteiger partial charge < -0.3 is 15.2 Å². The van der Waals surface area contributed by atoms with Crippen molar-refractivity contribution in [3.8, 4) is 22.8 Å². The molecule has 1 aromatic carbocycles. The number of carbonyl (C=O) groups excluding carboxylic acids is 1. The molecule has 1 aromatic heterocycles. The molecule has 0 saturated carbocycles. The number of aromatic hydroxyl groups is 1. The lowest BCUT2D eigenvalue weighted by Crippen LogP contribution is -2.50. The van der Waals surface area contributed by atoms with Crippen molar-refractivity contribution in [2.45, 2.75) is 5.92 Å². The Bertz CT molecular complexity index is 1000. The molecule has 0 unspecified atom stereocenters. The van der Waals surface area contributed by atoms with Crippen molar-refractivity contribution in [2.75, 3.05) is 20.2 Å². The number of aromatic nitrogens is 1. The number of nitrogens with zero attached hydrogens (tertiary/aromatic N) is 3. The molecule has 8 nitrogen and oxygen atoms in total. The molecule has 10 heteroatoms. The van der Waals surface area contributed by atoms with E-state index in [0.717, 1.165) is 0 Å². The maximum absolute atomic E-state index is 13.2. The summed E-state index contributed by atoms with van der Waals surface area (Å²) in [6.07, 6.45) is 1.43. The van der Waals surface area contributed by atoms with Crippen LogP contribution in [0.1, 0.15) is 10.4 Å². The normalized spacial score (nSPS) is 15.0. The molecule has 0 bridgehead atoms. The fourth-order valence-corrected chi connectivity index (χ4v) is 2.65. The molecule has 1 aliphatic heterocycles. The smallest absolute Gasteiger partial charge is 0.284 e. The summed E-state index contributed by atoms with van der Waals surface area (Å²) in [6, 6.07) is 5.66. The number of benzene rings is 1. The first-order chi connectivity index (χ1) is 13.3. The van der Waals surface area contributed by atoms with Crippen molar-refractivity contribution in [3.05, 3.63) is 47.4 Å². The van der Waals surface area contributed by atoms with E-state index in [0.29, 0.717) is 5.56 Å². The maximum Gasteiger partial charge on any atom is 0.284 e.